The van der Waals surface area contributed by atoms with Crippen LogP contribution in [0.4, 0.5) is 8.78 Å². The molecule has 0 fully saturated rings. The fourth-order valence-electron chi connectivity index (χ4n) is 2.22. The van der Waals surface area contributed by atoms with Crippen molar-refractivity contribution in [3.05, 3.63) is 71.5 Å². The van der Waals surface area contributed by atoms with E-state index in [2.05, 4.69) is 5.43 Å². The van der Waals surface area contributed by atoms with Gasteiger partial charge in [-0.05, 0) is 29.8 Å². The molecule has 1 unspecified atom stereocenters. The Morgan fingerprint density at radius 2 is 1.85 bits per heavy atom. The highest BCUT2D eigenvalue weighted by Crippen LogP contribution is 2.29. The average Bonchev–Trinajstić information content (AvgIpc) is 2.85. The van der Waals surface area contributed by atoms with Crippen LogP contribution in [0.15, 0.2) is 52.9 Å². The summed E-state index contributed by atoms with van der Waals surface area (Å²) < 4.78 is 32.4. The molecule has 3 aromatic rings. The molecule has 3 N–H and O–H groups in total. The molecule has 1 atom stereocenters. The first-order valence-electron chi connectivity index (χ1n) is 6.08. The summed E-state index contributed by atoms with van der Waals surface area (Å²) in [5.41, 5.74) is 3.33. The molecule has 3 rings (SSSR count). The number of hydrazine groups is 1. The molecule has 0 aliphatic rings. The molecule has 0 bridgehead atoms. The molecule has 1 aromatic heterocycles. The Hall–Kier alpha value is -2.24. The minimum absolute atomic E-state index is 0.166. The predicted molar refractivity (Wildman–Crippen MR) is 71.7 cm³/mol. The Kier molecular flexibility index (Phi) is 3.22. The third-order valence-corrected chi connectivity index (χ3v) is 3.15. The number of hydrogen-bond donors (Lipinski definition) is 2. The van der Waals surface area contributed by atoms with Gasteiger partial charge in [-0.15, -0.1) is 0 Å². The van der Waals surface area contributed by atoms with Crippen molar-refractivity contribution < 1.29 is 13.2 Å². The maximum Gasteiger partial charge on any atom is 0.169 e. The number of rotatable bonds is 3. The van der Waals surface area contributed by atoms with Crippen LogP contribution in [-0.2, 0) is 0 Å². The van der Waals surface area contributed by atoms with Crippen molar-refractivity contribution in [3.63, 3.8) is 0 Å². The quantitative estimate of drug-likeness (QED) is 0.569. The topological polar surface area (TPSA) is 51.2 Å². The van der Waals surface area contributed by atoms with E-state index < -0.39 is 11.9 Å². The zero-order chi connectivity index (χ0) is 14.1. The Bertz CT molecular complexity index is 754. The van der Waals surface area contributed by atoms with E-state index in [0.717, 1.165) is 0 Å². The zero-order valence-corrected chi connectivity index (χ0v) is 10.4. The van der Waals surface area contributed by atoms with Crippen LogP contribution in [0.1, 0.15) is 17.4 Å². The summed E-state index contributed by atoms with van der Waals surface area (Å²) in [6.45, 7) is 0. The molecule has 3 nitrogen and oxygen atoms in total. The fourth-order valence-corrected chi connectivity index (χ4v) is 2.22. The molecule has 5 heteroatoms. The Labute approximate surface area is 114 Å². The summed E-state index contributed by atoms with van der Waals surface area (Å²) in [6.07, 6.45) is 0. The number of halogens is 2. The van der Waals surface area contributed by atoms with Crippen LogP contribution in [0.5, 0.6) is 0 Å². The zero-order valence-electron chi connectivity index (χ0n) is 10.4. The molecule has 0 spiro atoms. The number of benzene rings is 2. The lowest BCUT2D eigenvalue weighted by molar-refractivity contribution is 0.463. The molecular formula is C15H12F2N2O. The van der Waals surface area contributed by atoms with Gasteiger partial charge in [-0.25, -0.2) is 14.2 Å². The van der Waals surface area contributed by atoms with Gasteiger partial charge in [0.1, 0.15) is 17.6 Å². The minimum Gasteiger partial charge on any atom is -0.456 e. The second kappa shape index (κ2) is 5.03. The van der Waals surface area contributed by atoms with Gasteiger partial charge in [0.2, 0.25) is 0 Å². The number of hydrogen-bond acceptors (Lipinski definition) is 3. The Morgan fingerprint density at radius 3 is 2.55 bits per heavy atom. The summed E-state index contributed by atoms with van der Waals surface area (Å²) >= 11 is 0. The lowest BCUT2D eigenvalue weighted by Gasteiger charge is -2.13. The first-order valence-corrected chi connectivity index (χ1v) is 6.08. The molecule has 102 valence electrons. The van der Waals surface area contributed by atoms with E-state index >= 15 is 0 Å². The largest absolute Gasteiger partial charge is 0.456 e. The summed E-state index contributed by atoms with van der Waals surface area (Å²) in [5, 5.41) is 0.636. The minimum atomic E-state index is -0.544. The summed E-state index contributed by atoms with van der Waals surface area (Å²) in [4.78, 5) is 0. The summed E-state index contributed by atoms with van der Waals surface area (Å²) in [5.74, 6) is 5.14. The van der Waals surface area contributed by atoms with Crippen molar-refractivity contribution in [1.82, 2.24) is 5.43 Å². The number of nitrogens with one attached hydrogen (secondary N) is 1. The van der Waals surface area contributed by atoms with Gasteiger partial charge in [0, 0.05) is 5.39 Å². The monoisotopic (exact) mass is 274 g/mol. The van der Waals surface area contributed by atoms with E-state index in [-0.39, 0.29) is 11.4 Å². The van der Waals surface area contributed by atoms with E-state index in [1.165, 1.54) is 18.2 Å². The molecule has 20 heavy (non-hydrogen) atoms. The third-order valence-electron chi connectivity index (χ3n) is 3.15. The van der Waals surface area contributed by atoms with Crippen molar-refractivity contribution in [2.24, 2.45) is 5.84 Å². The first kappa shape index (κ1) is 12.8. The lowest BCUT2D eigenvalue weighted by atomic mass is 10.0. The molecule has 0 amide bonds. The maximum atomic E-state index is 13.6. The third kappa shape index (κ3) is 2.17. The van der Waals surface area contributed by atoms with Crippen LogP contribution >= 0.6 is 0 Å². The van der Waals surface area contributed by atoms with E-state index in [1.807, 2.05) is 0 Å². The van der Waals surface area contributed by atoms with E-state index in [1.54, 1.807) is 30.3 Å². The highest BCUT2D eigenvalue weighted by atomic mass is 19.1. The standard InChI is InChI=1S/C15H12F2N2O/c16-11-5-1-3-9(7-11)14(19-18)13-8-10-4-2-6-12(17)15(10)20-13/h1-8,14,19H,18H2. The van der Waals surface area contributed by atoms with Gasteiger partial charge in [0.05, 0.1) is 0 Å². The molecule has 0 aliphatic heterocycles. The number of furan rings is 1. The van der Waals surface area contributed by atoms with Crippen LogP contribution in [-0.4, -0.2) is 0 Å². The number of fused-ring (bicyclic) bond motifs is 1. The number of para-hydroxylation sites is 1. The molecule has 0 saturated heterocycles. The summed E-state index contributed by atoms with van der Waals surface area (Å²) in [7, 11) is 0. The van der Waals surface area contributed by atoms with Crippen molar-refractivity contribution in [1.29, 1.82) is 0 Å². The fraction of sp³-hybridized carbons (Fsp3) is 0.0667. The molecule has 0 saturated carbocycles. The maximum absolute atomic E-state index is 13.6. The number of nitrogens with two attached hydrogens (primary N) is 1. The van der Waals surface area contributed by atoms with Gasteiger partial charge < -0.3 is 4.42 Å². The van der Waals surface area contributed by atoms with Crippen LogP contribution < -0.4 is 11.3 Å². The van der Waals surface area contributed by atoms with Crippen LogP contribution in [0.3, 0.4) is 0 Å². The average molecular weight is 274 g/mol. The van der Waals surface area contributed by atoms with Crippen LogP contribution in [0, 0.1) is 11.6 Å². The van der Waals surface area contributed by atoms with Gasteiger partial charge in [-0.2, -0.15) is 0 Å². The molecular weight excluding hydrogens is 262 g/mol. The van der Waals surface area contributed by atoms with Gasteiger partial charge in [0.15, 0.2) is 11.4 Å². The normalized spacial score (nSPS) is 12.8. The van der Waals surface area contributed by atoms with Crippen LogP contribution in [0.25, 0.3) is 11.0 Å². The van der Waals surface area contributed by atoms with Gasteiger partial charge >= 0.3 is 0 Å². The molecule has 2 aromatic carbocycles. The van der Waals surface area contributed by atoms with Crippen molar-refractivity contribution in [2.45, 2.75) is 6.04 Å². The molecule has 0 radical (unpaired) electrons. The van der Waals surface area contributed by atoms with Crippen LogP contribution in [0.2, 0.25) is 0 Å². The molecule has 0 aliphatic carbocycles. The van der Waals surface area contributed by atoms with Gasteiger partial charge in [-0.1, -0.05) is 24.3 Å². The lowest BCUT2D eigenvalue weighted by Crippen LogP contribution is -2.28. The van der Waals surface area contributed by atoms with Crippen molar-refractivity contribution >= 4 is 11.0 Å². The smallest absolute Gasteiger partial charge is 0.169 e. The molecule has 1 heterocycles. The first-order chi connectivity index (χ1) is 9.69. The van der Waals surface area contributed by atoms with E-state index in [0.29, 0.717) is 16.7 Å². The van der Waals surface area contributed by atoms with Crippen molar-refractivity contribution in [2.75, 3.05) is 0 Å². The second-order valence-corrected chi connectivity index (χ2v) is 4.46. The SMILES string of the molecule is NNC(c1cccc(F)c1)c1cc2cccc(F)c2o1. The van der Waals surface area contributed by atoms with Crippen molar-refractivity contribution in [3.8, 4) is 0 Å². The van der Waals surface area contributed by atoms with E-state index in [9.17, 15) is 8.78 Å². The highest BCUT2D eigenvalue weighted by molar-refractivity contribution is 5.78. The predicted octanol–water partition coefficient (Wildman–Crippen LogP) is 3.26. The van der Waals surface area contributed by atoms with E-state index in [4.69, 9.17) is 10.3 Å². The van der Waals surface area contributed by atoms with Gasteiger partial charge in [0.25, 0.3) is 0 Å². The summed E-state index contributed by atoms with van der Waals surface area (Å²) in [6, 6.07) is 11.8. The second-order valence-electron chi connectivity index (χ2n) is 4.46. The Morgan fingerprint density at radius 1 is 1.05 bits per heavy atom. The highest BCUT2D eigenvalue weighted by Gasteiger charge is 2.18. The van der Waals surface area contributed by atoms with Gasteiger partial charge in [-0.3, -0.25) is 5.84 Å². The Balaban J connectivity index is 2.09.